The molecule has 2 amide bonds. The SMILES string of the molecule is C1CC2CCC1C2.NC(=O)c1nc(C(=O)NC2CCC2)sc1-c1cnc(NC(C2CC2)C(F)(F)F)cc1C(F)F. The second-order valence-corrected chi connectivity index (χ2v) is 12.2. The summed E-state index contributed by atoms with van der Waals surface area (Å²) in [5.41, 5.74) is 4.09. The van der Waals surface area contributed by atoms with Crippen LogP contribution in [0.2, 0.25) is 0 Å². The van der Waals surface area contributed by atoms with Crippen molar-refractivity contribution in [3.63, 3.8) is 0 Å². The Kier molecular flexibility index (Phi) is 8.30. The number of nitrogens with zero attached hydrogens (tertiary/aromatic N) is 2. The molecule has 2 aromatic heterocycles. The third-order valence-electron chi connectivity index (χ3n) is 8.29. The largest absolute Gasteiger partial charge is 0.408 e. The Morgan fingerprint density at radius 2 is 1.68 bits per heavy atom. The molecule has 1 atom stereocenters. The fourth-order valence-electron chi connectivity index (χ4n) is 5.72. The zero-order chi connectivity index (χ0) is 28.6. The molecule has 4 aliphatic carbocycles. The van der Waals surface area contributed by atoms with Crippen LogP contribution in [0, 0.1) is 17.8 Å². The zero-order valence-electron chi connectivity index (χ0n) is 21.8. The van der Waals surface area contributed by atoms with Crippen molar-refractivity contribution in [2.45, 2.75) is 88.9 Å². The lowest BCUT2D eigenvalue weighted by molar-refractivity contribution is -0.146. The first-order valence-electron chi connectivity index (χ1n) is 13.7. The van der Waals surface area contributed by atoms with E-state index in [1.165, 1.54) is 11.8 Å². The summed E-state index contributed by atoms with van der Waals surface area (Å²) in [5.74, 6) is -0.245. The number of hydrogen-bond donors (Lipinski definition) is 3. The summed E-state index contributed by atoms with van der Waals surface area (Å²) in [7, 11) is 0. The van der Waals surface area contributed by atoms with Gasteiger partial charge in [-0.2, -0.15) is 13.2 Å². The maximum atomic E-state index is 13.9. The first kappa shape index (κ1) is 28.7. The van der Waals surface area contributed by atoms with Crippen LogP contribution in [-0.4, -0.2) is 40.0 Å². The van der Waals surface area contributed by atoms with Gasteiger partial charge in [0, 0.05) is 23.4 Å². The molecule has 2 bridgehead atoms. The average Bonchev–Trinajstić information content (AvgIpc) is 3.26. The van der Waals surface area contributed by atoms with Crippen LogP contribution >= 0.6 is 11.3 Å². The second kappa shape index (κ2) is 11.6. The molecule has 0 radical (unpaired) electrons. The van der Waals surface area contributed by atoms with Gasteiger partial charge in [-0.3, -0.25) is 9.59 Å². The van der Waals surface area contributed by atoms with Crippen molar-refractivity contribution >= 4 is 29.0 Å². The van der Waals surface area contributed by atoms with E-state index in [0.29, 0.717) is 24.2 Å². The number of alkyl halides is 5. The molecule has 40 heavy (non-hydrogen) atoms. The van der Waals surface area contributed by atoms with E-state index in [-0.39, 0.29) is 33.0 Å². The van der Waals surface area contributed by atoms with Crippen LogP contribution in [0.25, 0.3) is 10.4 Å². The molecule has 0 aliphatic heterocycles. The monoisotopic (exact) mass is 585 g/mol. The van der Waals surface area contributed by atoms with E-state index < -0.39 is 41.9 Å². The topological polar surface area (TPSA) is 110 Å². The summed E-state index contributed by atoms with van der Waals surface area (Å²) >= 11 is 0.698. The van der Waals surface area contributed by atoms with Gasteiger partial charge in [0.05, 0.1) is 4.88 Å². The Balaban J connectivity index is 0.000000395. The molecule has 1 unspecified atom stereocenters. The van der Waals surface area contributed by atoms with E-state index in [1.807, 2.05) is 0 Å². The van der Waals surface area contributed by atoms with Gasteiger partial charge in [0.2, 0.25) is 0 Å². The summed E-state index contributed by atoms with van der Waals surface area (Å²) < 4.78 is 67.7. The Morgan fingerprint density at radius 3 is 2.12 bits per heavy atom. The second-order valence-electron chi connectivity index (χ2n) is 11.2. The lowest BCUT2D eigenvalue weighted by Gasteiger charge is -2.25. The highest BCUT2D eigenvalue weighted by Crippen LogP contribution is 2.44. The van der Waals surface area contributed by atoms with Crippen molar-refractivity contribution < 1.29 is 31.5 Å². The summed E-state index contributed by atoms with van der Waals surface area (Å²) in [6, 6.07) is -1.09. The van der Waals surface area contributed by atoms with E-state index in [4.69, 9.17) is 5.73 Å². The molecular formula is C27H32F5N5O2S. The molecule has 6 rings (SSSR count). The molecule has 0 spiro atoms. The number of carbonyl (C=O) groups excluding carboxylic acids is 2. The highest BCUT2D eigenvalue weighted by Gasteiger charge is 2.49. The number of halogens is 5. The van der Waals surface area contributed by atoms with Crippen LogP contribution in [0.15, 0.2) is 12.3 Å². The summed E-state index contributed by atoms with van der Waals surface area (Å²) in [5, 5.41) is 4.83. The first-order chi connectivity index (χ1) is 19.0. The van der Waals surface area contributed by atoms with Crippen molar-refractivity contribution in [2.75, 3.05) is 5.32 Å². The maximum Gasteiger partial charge on any atom is 0.408 e. The van der Waals surface area contributed by atoms with Gasteiger partial charge in [-0.15, -0.1) is 11.3 Å². The Hall–Kier alpha value is -2.83. The van der Waals surface area contributed by atoms with Gasteiger partial charge in [-0.05, 0) is 62.3 Å². The van der Waals surface area contributed by atoms with Crippen molar-refractivity contribution in [1.29, 1.82) is 0 Å². The number of aromatic nitrogens is 2. The summed E-state index contributed by atoms with van der Waals surface area (Å²) in [6.45, 7) is 0. The van der Waals surface area contributed by atoms with Crippen molar-refractivity contribution in [1.82, 2.24) is 15.3 Å². The van der Waals surface area contributed by atoms with Crippen LogP contribution in [0.4, 0.5) is 27.8 Å². The van der Waals surface area contributed by atoms with E-state index >= 15 is 0 Å². The third kappa shape index (κ3) is 6.55. The highest BCUT2D eigenvalue weighted by molar-refractivity contribution is 7.17. The molecule has 4 fully saturated rings. The Morgan fingerprint density at radius 1 is 1.02 bits per heavy atom. The lowest BCUT2D eigenvalue weighted by Crippen LogP contribution is -2.39. The number of nitrogens with two attached hydrogens (primary N) is 1. The molecule has 218 valence electrons. The van der Waals surface area contributed by atoms with Gasteiger partial charge in [0.25, 0.3) is 18.2 Å². The predicted molar refractivity (Wildman–Crippen MR) is 140 cm³/mol. The molecule has 2 aromatic rings. The minimum absolute atomic E-state index is 0.0152. The minimum atomic E-state index is -4.56. The van der Waals surface area contributed by atoms with Crippen LogP contribution in [0.3, 0.4) is 0 Å². The van der Waals surface area contributed by atoms with E-state index in [0.717, 1.165) is 31.5 Å². The van der Waals surface area contributed by atoms with Crippen molar-refractivity contribution in [2.24, 2.45) is 23.5 Å². The summed E-state index contributed by atoms with van der Waals surface area (Å²) in [6.07, 6.45) is 4.45. The number of thiazole rings is 1. The third-order valence-corrected chi connectivity index (χ3v) is 9.38. The van der Waals surface area contributed by atoms with Crippen LogP contribution in [0.1, 0.15) is 96.5 Å². The molecule has 4 saturated carbocycles. The quantitative estimate of drug-likeness (QED) is 0.308. The normalized spacial score (nSPS) is 22.9. The Labute approximate surface area is 232 Å². The van der Waals surface area contributed by atoms with Gasteiger partial charge in [0.15, 0.2) is 5.01 Å². The predicted octanol–water partition coefficient (Wildman–Crippen LogP) is 6.47. The molecule has 0 aromatic carbocycles. The smallest absolute Gasteiger partial charge is 0.364 e. The number of hydrogen-bond acceptors (Lipinski definition) is 6. The molecule has 13 heteroatoms. The minimum Gasteiger partial charge on any atom is -0.364 e. The fourth-order valence-corrected chi connectivity index (χ4v) is 6.72. The van der Waals surface area contributed by atoms with Gasteiger partial charge < -0.3 is 16.4 Å². The van der Waals surface area contributed by atoms with E-state index in [1.54, 1.807) is 32.1 Å². The lowest BCUT2D eigenvalue weighted by atomic mass is 9.93. The number of anilines is 1. The zero-order valence-corrected chi connectivity index (χ0v) is 22.6. The Bertz CT molecular complexity index is 1230. The van der Waals surface area contributed by atoms with Gasteiger partial charge >= 0.3 is 6.18 Å². The molecule has 2 heterocycles. The summed E-state index contributed by atoms with van der Waals surface area (Å²) in [4.78, 5) is 32.0. The molecule has 4 aliphatic rings. The van der Waals surface area contributed by atoms with Gasteiger partial charge in [0.1, 0.15) is 17.6 Å². The fraction of sp³-hybridized carbons (Fsp3) is 0.630. The van der Waals surface area contributed by atoms with Gasteiger partial charge in [-0.1, -0.05) is 25.7 Å². The number of primary amides is 1. The number of pyridine rings is 1. The molecule has 0 saturated heterocycles. The number of amides is 2. The van der Waals surface area contributed by atoms with Gasteiger partial charge in [-0.25, -0.2) is 18.7 Å². The standard InChI is InChI=1S/C20H20F5N5O2S.C7H12/c21-16(22)10-6-12(29-15(8-4-5-8)20(23,24)25)27-7-11(10)14-13(17(26)31)30-19(33-14)18(32)28-9-2-1-3-9;1-2-7-4-3-6(1)5-7/h6-9,15-16H,1-5H2,(H2,26,31)(H,27,29)(H,28,32);6-7H,1-5H2. The maximum absolute atomic E-state index is 13.9. The van der Waals surface area contributed by atoms with E-state index in [9.17, 15) is 31.5 Å². The number of nitrogens with one attached hydrogen (secondary N) is 2. The number of fused-ring (bicyclic) bond motifs is 2. The number of rotatable bonds is 8. The van der Waals surface area contributed by atoms with Crippen LogP contribution < -0.4 is 16.4 Å². The van der Waals surface area contributed by atoms with Crippen LogP contribution in [-0.2, 0) is 0 Å². The first-order valence-corrected chi connectivity index (χ1v) is 14.5. The average molecular weight is 586 g/mol. The van der Waals surface area contributed by atoms with E-state index in [2.05, 4.69) is 20.6 Å². The molecule has 4 N–H and O–H groups in total. The molecule has 7 nitrogen and oxygen atoms in total. The van der Waals surface area contributed by atoms with Crippen molar-refractivity contribution in [3.8, 4) is 10.4 Å². The molecular weight excluding hydrogens is 553 g/mol. The van der Waals surface area contributed by atoms with Crippen LogP contribution in [0.5, 0.6) is 0 Å². The number of carbonyl (C=O) groups is 2. The highest BCUT2D eigenvalue weighted by atomic mass is 32.1. The van der Waals surface area contributed by atoms with Crippen molar-refractivity contribution in [3.05, 3.63) is 28.5 Å².